The Morgan fingerprint density at radius 2 is 1.90 bits per heavy atom. The number of nitrogens with zero attached hydrogens (tertiary/aromatic N) is 2. The minimum atomic E-state index is -4.41. The van der Waals surface area contributed by atoms with Gasteiger partial charge in [0.15, 0.2) is 11.7 Å². The van der Waals surface area contributed by atoms with Gasteiger partial charge in [-0.15, -0.1) is 35.3 Å². The third-order valence-corrected chi connectivity index (χ3v) is 4.77. The molecule has 0 radical (unpaired) electrons. The molecule has 6 nitrogen and oxygen atoms in total. The number of benzene rings is 1. The van der Waals surface area contributed by atoms with Gasteiger partial charge in [-0.25, -0.2) is 9.78 Å². The summed E-state index contributed by atoms with van der Waals surface area (Å²) in [5.74, 6) is 0.213. The van der Waals surface area contributed by atoms with E-state index in [1.807, 2.05) is 19.1 Å². The molecule has 0 saturated carbocycles. The highest BCUT2D eigenvalue weighted by Crippen LogP contribution is 2.30. The van der Waals surface area contributed by atoms with E-state index in [-0.39, 0.29) is 29.9 Å². The summed E-state index contributed by atoms with van der Waals surface area (Å²) in [6.45, 7) is 3.53. The van der Waals surface area contributed by atoms with Crippen LogP contribution in [0.5, 0.6) is 0 Å². The second kappa shape index (κ2) is 12.7. The number of halogens is 4. The average Bonchev–Trinajstić information content (AvgIpc) is 3.17. The van der Waals surface area contributed by atoms with Crippen molar-refractivity contribution in [3.63, 3.8) is 0 Å². The van der Waals surface area contributed by atoms with Gasteiger partial charge in [0, 0.05) is 31.4 Å². The average molecular weight is 556 g/mol. The van der Waals surface area contributed by atoms with Crippen molar-refractivity contribution in [2.75, 3.05) is 26.7 Å². The second-order valence-electron chi connectivity index (χ2n) is 6.00. The Bertz CT molecular complexity index is 826. The third-order valence-electron chi connectivity index (χ3n) is 3.86. The van der Waals surface area contributed by atoms with Crippen LogP contribution >= 0.6 is 35.3 Å². The van der Waals surface area contributed by atoms with Gasteiger partial charge in [-0.05, 0) is 31.0 Å². The number of ether oxygens (including phenoxy) is 1. The van der Waals surface area contributed by atoms with Crippen LogP contribution < -0.4 is 10.6 Å². The van der Waals surface area contributed by atoms with Crippen LogP contribution in [0.15, 0.2) is 34.6 Å². The van der Waals surface area contributed by atoms with Crippen molar-refractivity contribution < 1.29 is 22.7 Å². The number of rotatable bonds is 8. The fraction of sp³-hybridized carbons (Fsp3) is 0.421. The molecular formula is C19H24F3IN4O2S. The van der Waals surface area contributed by atoms with Gasteiger partial charge in [0.05, 0.1) is 17.7 Å². The van der Waals surface area contributed by atoms with Gasteiger partial charge in [0.1, 0.15) is 0 Å². The lowest BCUT2D eigenvalue weighted by molar-refractivity contribution is -0.140. The van der Waals surface area contributed by atoms with E-state index in [0.29, 0.717) is 49.0 Å². The number of aromatic nitrogens is 1. The molecule has 2 N–H and O–H groups in total. The van der Waals surface area contributed by atoms with Crippen LogP contribution in [0.4, 0.5) is 13.2 Å². The van der Waals surface area contributed by atoms with E-state index >= 15 is 0 Å². The van der Waals surface area contributed by atoms with Crippen molar-refractivity contribution in [2.24, 2.45) is 4.99 Å². The summed E-state index contributed by atoms with van der Waals surface area (Å²) in [6.07, 6.45) is -3.36. The van der Waals surface area contributed by atoms with Crippen molar-refractivity contribution in [1.82, 2.24) is 15.6 Å². The standard InChI is InChI=1S/C19H23F3N4O2S.HI/c1-3-23-18(25-11-9-16-26-15(12-29-16)19(20,21)22)24-10-8-13-4-6-14(7-5-13)17(27)28-2;/h4-7,12H,3,8-11H2,1-2H3,(H2,23,24,25);1H. The summed E-state index contributed by atoms with van der Waals surface area (Å²) in [6, 6.07) is 7.14. The Balaban J connectivity index is 0.00000450. The first kappa shape index (κ1) is 26.1. The highest BCUT2D eigenvalue weighted by atomic mass is 127. The Kier molecular flexibility index (Phi) is 11.1. The summed E-state index contributed by atoms with van der Waals surface area (Å²) in [5.41, 5.74) is 0.683. The van der Waals surface area contributed by atoms with E-state index in [4.69, 9.17) is 0 Å². The predicted octanol–water partition coefficient (Wildman–Crippen LogP) is 3.91. The maximum Gasteiger partial charge on any atom is 0.434 e. The normalized spacial score (nSPS) is 11.6. The van der Waals surface area contributed by atoms with Crippen LogP contribution in [0.2, 0.25) is 0 Å². The Hall–Kier alpha value is -1.89. The fourth-order valence-corrected chi connectivity index (χ4v) is 3.21. The van der Waals surface area contributed by atoms with Crippen LogP contribution in [0.1, 0.15) is 33.5 Å². The Morgan fingerprint density at radius 3 is 2.47 bits per heavy atom. The summed E-state index contributed by atoms with van der Waals surface area (Å²) in [4.78, 5) is 19.4. The first-order chi connectivity index (χ1) is 13.8. The highest BCUT2D eigenvalue weighted by molar-refractivity contribution is 14.0. The zero-order chi connectivity index (χ0) is 21.3. The lowest BCUT2D eigenvalue weighted by atomic mass is 10.1. The van der Waals surface area contributed by atoms with Gasteiger partial charge in [0.25, 0.3) is 0 Å². The Morgan fingerprint density at radius 1 is 1.20 bits per heavy atom. The molecule has 0 unspecified atom stereocenters. The molecule has 0 aliphatic heterocycles. The van der Waals surface area contributed by atoms with Gasteiger partial charge in [0.2, 0.25) is 0 Å². The molecule has 166 valence electrons. The summed E-state index contributed by atoms with van der Waals surface area (Å²) in [5, 5.41) is 7.71. The number of thiazole rings is 1. The number of aliphatic imine (C=N–C) groups is 1. The number of hydrogen-bond acceptors (Lipinski definition) is 5. The third kappa shape index (κ3) is 8.46. The van der Waals surface area contributed by atoms with Crippen LogP contribution in [-0.2, 0) is 23.8 Å². The van der Waals surface area contributed by atoms with Crippen molar-refractivity contribution in [3.8, 4) is 0 Å². The lowest BCUT2D eigenvalue weighted by Gasteiger charge is -2.11. The summed E-state index contributed by atoms with van der Waals surface area (Å²) in [7, 11) is 1.34. The first-order valence-corrected chi connectivity index (χ1v) is 9.92. The quantitative estimate of drug-likeness (QED) is 0.223. The molecule has 1 aromatic heterocycles. The van der Waals surface area contributed by atoms with Crippen LogP contribution in [-0.4, -0.2) is 43.7 Å². The lowest BCUT2D eigenvalue weighted by Crippen LogP contribution is -2.38. The van der Waals surface area contributed by atoms with Gasteiger partial charge in [-0.3, -0.25) is 4.99 Å². The molecule has 2 rings (SSSR count). The molecule has 0 fully saturated rings. The van der Waals surface area contributed by atoms with Crippen molar-refractivity contribution in [2.45, 2.75) is 25.9 Å². The molecule has 0 amide bonds. The molecule has 30 heavy (non-hydrogen) atoms. The fourth-order valence-electron chi connectivity index (χ4n) is 2.41. The van der Waals surface area contributed by atoms with Gasteiger partial charge < -0.3 is 15.4 Å². The molecule has 0 spiro atoms. The van der Waals surface area contributed by atoms with E-state index < -0.39 is 11.9 Å². The van der Waals surface area contributed by atoms with Crippen molar-refractivity contribution >= 4 is 47.2 Å². The molecule has 1 aromatic carbocycles. The number of alkyl halides is 3. The minimum Gasteiger partial charge on any atom is -0.465 e. The highest BCUT2D eigenvalue weighted by Gasteiger charge is 2.33. The zero-order valence-corrected chi connectivity index (χ0v) is 19.7. The van der Waals surface area contributed by atoms with Crippen LogP contribution in [0.25, 0.3) is 0 Å². The monoisotopic (exact) mass is 556 g/mol. The number of methoxy groups -OCH3 is 1. The van der Waals surface area contributed by atoms with Gasteiger partial charge in [-0.1, -0.05) is 12.1 Å². The summed E-state index contributed by atoms with van der Waals surface area (Å²) < 4.78 is 42.4. The largest absolute Gasteiger partial charge is 0.465 e. The van der Waals surface area contributed by atoms with Crippen molar-refractivity contribution in [3.05, 3.63) is 51.5 Å². The van der Waals surface area contributed by atoms with E-state index in [1.54, 1.807) is 12.1 Å². The number of nitrogens with one attached hydrogen (secondary N) is 2. The molecule has 11 heteroatoms. The number of hydrogen-bond donors (Lipinski definition) is 2. The zero-order valence-electron chi connectivity index (χ0n) is 16.6. The molecule has 0 bridgehead atoms. The predicted molar refractivity (Wildman–Crippen MR) is 122 cm³/mol. The van der Waals surface area contributed by atoms with Crippen molar-refractivity contribution in [1.29, 1.82) is 0 Å². The van der Waals surface area contributed by atoms with Gasteiger partial charge >= 0.3 is 12.1 Å². The molecule has 2 aromatic rings. The summed E-state index contributed by atoms with van der Waals surface area (Å²) >= 11 is 0.987. The number of guanidine groups is 1. The first-order valence-electron chi connectivity index (χ1n) is 9.04. The number of esters is 1. The minimum absolute atomic E-state index is 0. The van der Waals surface area contributed by atoms with E-state index in [2.05, 4.69) is 25.3 Å². The Labute approximate surface area is 194 Å². The van der Waals surface area contributed by atoms with E-state index in [0.717, 1.165) is 22.3 Å². The topological polar surface area (TPSA) is 75.6 Å². The number of carbonyl (C=O) groups excluding carboxylic acids is 1. The maximum absolute atomic E-state index is 12.6. The van der Waals surface area contributed by atoms with Crippen LogP contribution in [0.3, 0.4) is 0 Å². The molecule has 0 aliphatic carbocycles. The van der Waals surface area contributed by atoms with E-state index in [9.17, 15) is 18.0 Å². The molecule has 0 aliphatic rings. The van der Waals surface area contributed by atoms with E-state index in [1.165, 1.54) is 7.11 Å². The molecule has 0 atom stereocenters. The smallest absolute Gasteiger partial charge is 0.434 e. The second-order valence-corrected chi connectivity index (χ2v) is 6.94. The molecular weight excluding hydrogens is 532 g/mol. The number of carbonyl (C=O) groups is 1. The van der Waals surface area contributed by atoms with Gasteiger partial charge in [-0.2, -0.15) is 13.2 Å². The SMILES string of the molecule is CCNC(=NCCc1nc(C(F)(F)F)cs1)NCCc1ccc(C(=O)OC)cc1.I. The molecule has 0 saturated heterocycles. The maximum atomic E-state index is 12.6. The molecule has 1 heterocycles. The van der Waals surface area contributed by atoms with Crippen LogP contribution in [0, 0.1) is 0 Å².